The number of nitrogens with one attached hydrogen (secondary N) is 1. The molecule has 108 valence electrons. The third kappa shape index (κ3) is 2.76. The summed E-state index contributed by atoms with van der Waals surface area (Å²) in [5, 5.41) is 13.3. The second-order valence-electron chi connectivity index (χ2n) is 5.39. The quantitative estimate of drug-likeness (QED) is 0.682. The number of nitro benzene ring substituents is 1. The minimum atomic E-state index is -1.35. The van der Waals surface area contributed by atoms with Crippen LogP contribution in [-0.2, 0) is 0 Å². The number of nitro groups is 1. The Balaban J connectivity index is 2.20. The normalized spacial score (nSPS) is 16.4. The minimum absolute atomic E-state index is 0.0109. The van der Waals surface area contributed by atoms with Crippen LogP contribution in [0.3, 0.4) is 0 Å². The molecular weight excluding hydrogens is 270 g/mol. The van der Waals surface area contributed by atoms with Gasteiger partial charge in [0.05, 0.1) is 11.0 Å². The van der Waals surface area contributed by atoms with Crippen molar-refractivity contribution in [3.8, 4) is 0 Å². The minimum Gasteiger partial charge on any atom is -0.351 e. The highest BCUT2D eigenvalue weighted by Gasteiger charge is 2.33. The number of rotatable bonds is 4. The lowest BCUT2D eigenvalue weighted by atomic mass is 9.70. The van der Waals surface area contributed by atoms with Gasteiger partial charge in [-0.3, -0.25) is 14.9 Å². The van der Waals surface area contributed by atoms with Gasteiger partial charge < -0.3 is 5.32 Å². The summed E-state index contributed by atoms with van der Waals surface area (Å²) < 4.78 is 26.2. The molecule has 20 heavy (non-hydrogen) atoms. The van der Waals surface area contributed by atoms with Crippen molar-refractivity contribution in [2.45, 2.75) is 26.2 Å². The third-order valence-corrected chi connectivity index (χ3v) is 3.72. The van der Waals surface area contributed by atoms with Gasteiger partial charge >= 0.3 is 0 Å². The monoisotopic (exact) mass is 284 g/mol. The molecule has 0 radical (unpaired) electrons. The van der Waals surface area contributed by atoms with Gasteiger partial charge in [0.1, 0.15) is 5.56 Å². The number of amides is 1. The molecule has 1 amide bonds. The SMILES string of the molecule is CC1(CNC(=O)c2cc(F)c(F)cc2[N+](=O)[O-])CCC1. The fraction of sp³-hybridized carbons (Fsp3) is 0.462. The summed E-state index contributed by atoms with van der Waals surface area (Å²) in [6.07, 6.45) is 3.01. The molecule has 0 bridgehead atoms. The van der Waals surface area contributed by atoms with Crippen molar-refractivity contribution in [3.05, 3.63) is 39.4 Å². The lowest BCUT2D eigenvalue weighted by Gasteiger charge is -2.38. The molecule has 1 aromatic rings. The van der Waals surface area contributed by atoms with Crippen molar-refractivity contribution < 1.29 is 18.5 Å². The fourth-order valence-corrected chi connectivity index (χ4v) is 2.22. The van der Waals surface area contributed by atoms with Crippen LogP contribution in [0.4, 0.5) is 14.5 Å². The van der Waals surface area contributed by atoms with Gasteiger partial charge in [0, 0.05) is 6.54 Å². The van der Waals surface area contributed by atoms with Gasteiger partial charge in [0.25, 0.3) is 11.6 Å². The van der Waals surface area contributed by atoms with E-state index in [1.807, 2.05) is 6.92 Å². The zero-order valence-corrected chi connectivity index (χ0v) is 10.9. The number of nitrogens with zero attached hydrogens (tertiary/aromatic N) is 1. The molecule has 0 atom stereocenters. The Morgan fingerprint density at radius 2 is 2.00 bits per heavy atom. The Kier molecular flexibility index (Phi) is 3.69. The van der Waals surface area contributed by atoms with Gasteiger partial charge in [-0.2, -0.15) is 0 Å². The number of benzene rings is 1. The maximum Gasteiger partial charge on any atom is 0.285 e. The Hall–Kier alpha value is -2.05. The number of carbonyl (C=O) groups excluding carboxylic acids is 1. The Morgan fingerprint density at radius 3 is 2.50 bits per heavy atom. The average molecular weight is 284 g/mol. The van der Waals surface area contributed by atoms with E-state index in [0.29, 0.717) is 18.7 Å². The van der Waals surface area contributed by atoms with Gasteiger partial charge in [-0.05, 0) is 24.3 Å². The standard InChI is InChI=1S/C13H14F2N2O3/c1-13(3-2-4-13)7-16-12(18)8-5-9(14)10(15)6-11(8)17(19)20/h5-6H,2-4,7H2,1H3,(H,16,18). The Morgan fingerprint density at radius 1 is 1.40 bits per heavy atom. The predicted molar refractivity (Wildman–Crippen MR) is 67.3 cm³/mol. The van der Waals surface area contributed by atoms with E-state index in [2.05, 4.69) is 5.32 Å². The molecule has 1 aromatic carbocycles. The van der Waals surface area contributed by atoms with Gasteiger partial charge in [0.15, 0.2) is 11.6 Å². The highest BCUT2D eigenvalue weighted by molar-refractivity contribution is 5.98. The predicted octanol–water partition coefficient (Wildman–Crippen LogP) is 2.79. The summed E-state index contributed by atoms with van der Waals surface area (Å²) in [4.78, 5) is 21.8. The highest BCUT2D eigenvalue weighted by atomic mass is 19.2. The Bertz CT molecular complexity index is 571. The molecule has 0 unspecified atom stereocenters. The molecule has 7 heteroatoms. The van der Waals surface area contributed by atoms with E-state index >= 15 is 0 Å². The molecule has 0 aliphatic heterocycles. The first-order chi connectivity index (χ1) is 9.32. The topological polar surface area (TPSA) is 72.2 Å². The molecule has 0 aromatic heterocycles. The Labute approximate surface area is 114 Å². The van der Waals surface area contributed by atoms with Crippen molar-refractivity contribution in [2.75, 3.05) is 6.54 Å². The summed E-state index contributed by atoms with van der Waals surface area (Å²) in [6, 6.07) is 0.987. The number of halogens is 2. The first-order valence-corrected chi connectivity index (χ1v) is 6.24. The molecule has 1 saturated carbocycles. The molecule has 1 aliphatic rings. The van der Waals surface area contributed by atoms with E-state index < -0.39 is 33.7 Å². The van der Waals surface area contributed by atoms with Crippen LogP contribution in [0.1, 0.15) is 36.5 Å². The molecule has 2 rings (SSSR count). The van der Waals surface area contributed by atoms with E-state index in [0.717, 1.165) is 19.3 Å². The highest BCUT2D eigenvalue weighted by Crippen LogP contribution is 2.39. The maximum atomic E-state index is 13.2. The van der Waals surface area contributed by atoms with E-state index in [1.54, 1.807) is 0 Å². The molecule has 1 fully saturated rings. The summed E-state index contributed by atoms with van der Waals surface area (Å²) >= 11 is 0. The fourth-order valence-electron chi connectivity index (χ4n) is 2.22. The second kappa shape index (κ2) is 5.15. The molecule has 1 aliphatic carbocycles. The van der Waals surface area contributed by atoms with E-state index in [1.165, 1.54) is 0 Å². The van der Waals surface area contributed by atoms with Crippen molar-refractivity contribution in [3.63, 3.8) is 0 Å². The van der Waals surface area contributed by atoms with Crippen molar-refractivity contribution in [1.29, 1.82) is 0 Å². The number of hydrogen-bond acceptors (Lipinski definition) is 3. The van der Waals surface area contributed by atoms with Gasteiger partial charge in [-0.1, -0.05) is 13.3 Å². The van der Waals surface area contributed by atoms with Gasteiger partial charge in [-0.25, -0.2) is 8.78 Å². The summed E-state index contributed by atoms with van der Waals surface area (Å²) in [7, 11) is 0. The van der Waals surface area contributed by atoms with Crippen molar-refractivity contribution in [2.24, 2.45) is 5.41 Å². The number of hydrogen-bond donors (Lipinski definition) is 1. The summed E-state index contributed by atoms with van der Waals surface area (Å²) in [5.41, 5.74) is -1.21. The van der Waals surface area contributed by atoms with Crippen LogP contribution in [0.2, 0.25) is 0 Å². The first kappa shape index (κ1) is 14.4. The van der Waals surface area contributed by atoms with Gasteiger partial charge in [0.2, 0.25) is 0 Å². The summed E-state index contributed by atoms with van der Waals surface area (Å²) in [5.74, 6) is -3.39. The van der Waals surface area contributed by atoms with Crippen LogP contribution >= 0.6 is 0 Å². The zero-order chi connectivity index (χ0) is 14.9. The van der Waals surface area contributed by atoms with Crippen molar-refractivity contribution in [1.82, 2.24) is 5.32 Å². The molecule has 5 nitrogen and oxygen atoms in total. The third-order valence-electron chi connectivity index (χ3n) is 3.72. The first-order valence-electron chi connectivity index (χ1n) is 6.24. The second-order valence-corrected chi connectivity index (χ2v) is 5.39. The van der Waals surface area contributed by atoms with E-state index in [4.69, 9.17) is 0 Å². The van der Waals surface area contributed by atoms with Crippen LogP contribution < -0.4 is 5.32 Å². The molecule has 0 saturated heterocycles. The average Bonchev–Trinajstić information content (AvgIpc) is 2.36. The van der Waals surface area contributed by atoms with Crippen molar-refractivity contribution >= 4 is 11.6 Å². The molecule has 0 spiro atoms. The smallest absolute Gasteiger partial charge is 0.285 e. The zero-order valence-electron chi connectivity index (χ0n) is 10.9. The van der Waals surface area contributed by atoms with Crippen LogP contribution in [0, 0.1) is 27.2 Å². The number of carbonyl (C=O) groups is 1. The van der Waals surface area contributed by atoms with Gasteiger partial charge in [-0.15, -0.1) is 0 Å². The van der Waals surface area contributed by atoms with Crippen LogP contribution in [-0.4, -0.2) is 17.4 Å². The molecular formula is C13H14F2N2O3. The molecule has 1 N–H and O–H groups in total. The largest absolute Gasteiger partial charge is 0.351 e. The van der Waals surface area contributed by atoms with E-state index in [-0.39, 0.29) is 5.41 Å². The summed E-state index contributed by atoms with van der Waals surface area (Å²) in [6.45, 7) is 2.36. The maximum absolute atomic E-state index is 13.2. The lowest BCUT2D eigenvalue weighted by Crippen LogP contribution is -2.40. The van der Waals surface area contributed by atoms with Crippen LogP contribution in [0.15, 0.2) is 12.1 Å². The van der Waals surface area contributed by atoms with E-state index in [9.17, 15) is 23.7 Å². The van der Waals surface area contributed by atoms with Crippen LogP contribution in [0.5, 0.6) is 0 Å². The van der Waals surface area contributed by atoms with Crippen LogP contribution in [0.25, 0.3) is 0 Å². The molecule has 0 heterocycles. The lowest BCUT2D eigenvalue weighted by molar-refractivity contribution is -0.385.